The van der Waals surface area contributed by atoms with Crippen molar-refractivity contribution in [2.45, 2.75) is 25.9 Å². The molecule has 0 saturated carbocycles. The van der Waals surface area contributed by atoms with Gasteiger partial charge in [-0.3, -0.25) is 0 Å². The van der Waals surface area contributed by atoms with Crippen LogP contribution in [-0.2, 0) is 12.1 Å². The summed E-state index contributed by atoms with van der Waals surface area (Å²) in [5.74, 6) is 0. The van der Waals surface area contributed by atoms with Crippen molar-refractivity contribution < 1.29 is 0 Å². The van der Waals surface area contributed by atoms with E-state index in [0.717, 1.165) is 0 Å². The first-order chi connectivity index (χ1) is 6.68. The van der Waals surface area contributed by atoms with E-state index < -0.39 is 0 Å². The number of nitrogens with zero attached hydrogens (tertiary/aromatic N) is 8. The third kappa shape index (κ3) is 1.58. The average molecular weight is 194 g/mol. The minimum absolute atomic E-state index is 0.251. The van der Waals surface area contributed by atoms with Crippen molar-refractivity contribution >= 4 is 0 Å². The van der Waals surface area contributed by atoms with Gasteiger partial charge in [-0.1, -0.05) is 0 Å². The summed E-state index contributed by atoms with van der Waals surface area (Å²) in [7, 11) is 0. The molecule has 0 bridgehead atoms. The summed E-state index contributed by atoms with van der Waals surface area (Å²) in [4.78, 5) is 0. The minimum atomic E-state index is -0.251. The number of rotatable bonds is 3. The van der Waals surface area contributed by atoms with E-state index in [1.165, 1.54) is 0 Å². The summed E-state index contributed by atoms with van der Waals surface area (Å²) in [6.45, 7) is 4.63. The predicted molar refractivity (Wildman–Crippen MR) is 45.0 cm³/mol. The van der Waals surface area contributed by atoms with Gasteiger partial charge in [0.1, 0.15) is 12.7 Å². The highest BCUT2D eigenvalue weighted by Crippen LogP contribution is 2.13. The van der Waals surface area contributed by atoms with Crippen molar-refractivity contribution in [1.29, 1.82) is 0 Å². The zero-order chi connectivity index (χ0) is 10.0. The molecule has 0 aromatic carbocycles. The van der Waals surface area contributed by atoms with Gasteiger partial charge in [-0.2, -0.15) is 0 Å². The van der Waals surface area contributed by atoms with E-state index in [0.29, 0.717) is 6.54 Å². The van der Waals surface area contributed by atoms with Gasteiger partial charge in [0, 0.05) is 0 Å². The zero-order valence-electron chi connectivity index (χ0n) is 7.94. The fourth-order valence-electron chi connectivity index (χ4n) is 1.16. The second kappa shape index (κ2) is 3.13. The largest absolute Gasteiger partial charge is 0.230 e. The second-order valence-corrected chi connectivity index (χ2v) is 3.57. The van der Waals surface area contributed by atoms with Crippen molar-refractivity contribution in [3.8, 4) is 0 Å². The third-order valence-electron chi connectivity index (χ3n) is 1.91. The van der Waals surface area contributed by atoms with Gasteiger partial charge in [-0.25, -0.2) is 9.36 Å². The Kier molecular flexibility index (Phi) is 1.95. The van der Waals surface area contributed by atoms with Crippen molar-refractivity contribution in [1.82, 2.24) is 40.4 Å². The second-order valence-electron chi connectivity index (χ2n) is 3.57. The van der Waals surface area contributed by atoms with E-state index in [4.69, 9.17) is 0 Å². The van der Waals surface area contributed by atoms with E-state index in [1.54, 1.807) is 22.0 Å². The van der Waals surface area contributed by atoms with Crippen molar-refractivity contribution in [3.63, 3.8) is 0 Å². The average Bonchev–Trinajstić information content (AvgIpc) is 2.71. The van der Waals surface area contributed by atoms with E-state index in [9.17, 15) is 0 Å². The topological polar surface area (TPSA) is 87.2 Å². The van der Waals surface area contributed by atoms with Crippen LogP contribution in [0.3, 0.4) is 0 Å². The molecule has 8 nitrogen and oxygen atoms in total. The molecule has 74 valence electrons. The smallest absolute Gasteiger partial charge is 0.138 e. The summed E-state index contributed by atoms with van der Waals surface area (Å²) < 4.78 is 3.32. The lowest BCUT2D eigenvalue weighted by molar-refractivity contribution is 0.254. The molecular weight excluding hydrogens is 184 g/mol. The Hall–Kier alpha value is -1.86. The van der Waals surface area contributed by atoms with Crippen LogP contribution in [-0.4, -0.2) is 40.4 Å². The molecular formula is C6H10N8. The molecule has 2 aromatic heterocycles. The maximum absolute atomic E-state index is 3.84. The Bertz CT molecular complexity index is 374. The van der Waals surface area contributed by atoms with E-state index in [1.807, 2.05) is 13.8 Å². The first-order valence-electron chi connectivity index (χ1n) is 4.13. The van der Waals surface area contributed by atoms with Gasteiger partial charge in [-0.05, 0) is 34.7 Å². The predicted octanol–water partition coefficient (Wildman–Crippen LogP) is -0.905. The van der Waals surface area contributed by atoms with Crippen molar-refractivity contribution in [2.24, 2.45) is 0 Å². The molecule has 0 unspecified atom stereocenters. The van der Waals surface area contributed by atoms with Crippen LogP contribution in [0.5, 0.6) is 0 Å². The van der Waals surface area contributed by atoms with Gasteiger partial charge in [0.05, 0.1) is 12.1 Å². The fraction of sp³-hybridized carbons (Fsp3) is 0.667. The summed E-state index contributed by atoms with van der Waals surface area (Å²) in [6.07, 6.45) is 3.14. The van der Waals surface area contributed by atoms with Crippen LogP contribution in [0.2, 0.25) is 0 Å². The fourth-order valence-corrected chi connectivity index (χ4v) is 1.16. The molecule has 2 heterocycles. The highest BCUT2D eigenvalue weighted by atomic mass is 15.6. The van der Waals surface area contributed by atoms with Gasteiger partial charge in [0.2, 0.25) is 0 Å². The van der Waals surface area contributed by atoms with Crippen LogP contribution < -0.4 is 0 Å². The van der Waals surface area contributed by atoms with Crippen LogP contribution in [0.25, 0.3) is 0 Å². The van der Waals surface area contributed by atoms with E-state index in [2.05, 4.69) is 31.1 Å². The van der Waals surface area contributed by atoms with Gasteiger partial charge in [0.25, 0.3) is 0 Å². The maximum Gasteiger partial charge on any atom is 0.138 e. The zero-order valence-corrected chi connectivity index (χ0v) is 7.94. The number of tetrazole rings is 2. The molecule has 2 aromatic rings. The molecule has 8 heteroatoms. The monoisotopic (exact) mass is 194 g/mol. The minimum Gasteiger partial charge on any atom is -0.230 e. The maximum atomic E-state index is 3.84. The lowest BCUT2D eigenvalue weighted by Crippen LogP contribution is -2.32. The molecule has 0 aliphatic rings. The van der Waals surface area contributed by atoms with Crippen LogP contribution in [0.1, 0.15) is 13.8 Å². The van der Waals surface area contributed by atoms with Gasteiger partial charge in [-0.15, -0.1) is 10.2 Å². The van der Waals surface area contributed by atoms with Gasteiger partial charge < -0.3 is 0 Å². The molecule has 0 radical (unpaired) electrons. The third-order valence-corrected chi connectivity index (χ3v) is 1.91. The molecule has 0 spiro atoms. The molecule has 0 aliphatic heterocycles. The van der Waals surface area contributed by atoms with Crippen molar-refractivity contribution in [2.75, 3.05) is 0 Å². The molecule has 0 N–H and O–H groups in total. The Morgan fingerprint density at radius 2 is 1.79 bits per heavy atom. The molecule has 14 heavy (non-hydrogen) atoms. The molecule has 0 fully saturated rings. The first kappa shape index (κ1) is 8.73. The number of aromatic nitrogens is 8. The number of hydrogen-bond donors (Lipinski definition) is 0. The Balaban J connectivity index is 2.17. The highest BCUT2D eigenvalue weighted by molar-refractivity contribution is 4.74. The SMILES string of the molecule is CC(C)(Cn1cnnn1)n1cnnn1. The summed E-state index contributed by atoms with van der Waals surface area (Å²) in [6, 6.07) is 0. The lowest BCUT2D eigenvalue weighted by atomic mass is 10.1. The van der Waals surface area contributed by atoms with Crippen LogP contribution in [0.15, 0.2) is 12.7 Å². The molecule has 0 aliphatic carbocycles. The van der Waals surface area contributed by atoms with Crippen LogP contribution in [0, 0.1) is 0 Å². The Morgan fingerprint density at radius 3 is 2.36 bits per heavy atom. The summed E-state index contributed by atoms with van der Waals surface area (Å²) >= 11 is 0. The van der Waals surface area contributed by atoms with Crippen LogP contribution >= 0.6 is 0 Å². The Morgan fingerprint density at radius 1 is 1.07 bits per heavy atom. The van der Waals surface area contributed by atoms with Crippen LogP contribution in [0.4, 0.5) is 0 Å². The van der Waals surface area contributed by atoms with Gasteiger partial charge in [0.15, 0.2) is 0 Å². The normalized spacial score (nSPS) is 11.9. The van der Waals surface area contributed by atoms with Crippen molar-refractivity contribution in [3.05, 3.63) is 12.7 Å². The lowest BCUT2D eigenvalue weighted by Gasteiger charge is -2.22. The summed E-state index contributed by atoms with van der Waals surface area (Å²) in [5, 5.41) is 21.9. The molecule has 0 atom stereocenters. The standard InChI is InChI=1S/C6H10N8/c1-6(2,14-5-8-10-12-14)3-13-4-7-9-11-13/h4-5H,3H2,1-2H3. The van der Waals surface area contributed by atoms with E-state index >= 15 is 0 Å². The quantitative estimate of drug-likeness (QED) is 0.629. The Labute approximate surface area is 79.9 Å². The molecule has 2 rings (SSSR count). The van der Waals surface area contributed by atoms with Gasteiger partial charge >= 0.3 is 0 Å². The van der Waals surface area contributed by atoms with E-state index in [-0.39, 0.29) is 5.54 Å². The molecule has 0 saturated heterocycles. The molecule has 0 amide bonds. The first-order valence-corrected chi connectivity index (χ1v) is 4.13. The summed E-state index contributed by atoms with van der Waals surface area (Å²) in [5.41, 5.74) is -0.251. The number of hydrogen-bond acceptors (Lipinski definition) is 6. The highest BCUT2D eigenvalue weighted by Gasteiger charge is 2.22.